The molecule has 2 aromatic heterocycles. The number of amides is 2. The van der Waals surface area contributed by atoms with E-state index in [-0.39, 0.29) is 25.0 Å². The Kier molecular flexibility index (Phi) is 5.38. The highest BCUT2D eigenvalue weighted by molar-refractivity contribution is 5.90. The van der Waals surface area contributed by atoms with E-state index in [1.165, 1.54) is 16.8 Å². The van der Waals surface area contributed by atoms with Crippen LogP contribution in [0.25, 0.3) is 11.1 Å². The van der Waals surface area contributed by atoms with Gasteiger partial charge in [0, 0.05) is 22.4 Å². The van der Waals surface area contributed by atoms with Crippen molar-refractivity contribution in [3.05, 3.63) is 64.6 Å². The van der Waals surface area contributed by atoms with Crippen LogP contribution < -0.4 is 15.4 Å². The molecule has 0 fully saturated rings. The lowest BCUT2D eigenvalue weighted by molar-refractivity contribution is -0.389. The van der Waals surface area contributed by atoms with Crippen LogP contribution in [-0.4, -0.2) is 38.1 Å². The number of nitro groups is 1. The van der Waals surface area contributed by atoms with Gasteiger partial charge in [0.25, 0.3) is 0 Å². The van der Waals surface area contributed by atoms with E-state index in [9.17, 15) is 28.1 Å². The Morgan fingerprint density at radius 3 is 2.75 bits per heavy atom. The number of anilines is 1. The summed E-state index contributed by atoms with van der Waals surface area (Å²) in [6.45, 7) is 0.319. The van der Waals surface area contributed by atoms with Crippen molar-refractivity contribution in [2.45, 2.75) is 18.8 Å². The van der Waals surface area contributed by atoms with Gasteiger partial charge in [-0.25, -0.2) is 4.79 Å². The molecule has 0 aliphatic carbocycles. The van der Waals surface area contributed by atoms with Gasteiger partial charge in [0.15, 0.2) is 0 Å². The van der Waals surface area contributed by atoms with Crippen molar-refractivity contribution in [1.29, 1.82) is 0 Å². The molecule has 2 N–H and O–H groups in total. The van der Waals surface area contributed by atoms with Crippen LogP contribution in [0.2, 0.25) is 0 Å². The topological polar surface area (TPSA) is 124 Å². The number of hydrogen-bond donors (Lipinski definition) is 2. The zero-order chi connectivity index (χ0) is 22.9. The first-order chi connectivity index (χ1) is 15.2. The van der Waals surface area contributed by atoms with E-state index in [0.717, 1.165) is 12.3 Å². The third kappa shape index (κ3) is 4.61. The second-order valence-electron chi connectivity index (χ2n) is 6.91. The van der Waals surface area contributed by atoms with Crippen LogP contribution in [0.5, 0.6) is 6.01 Å². The molecular weight excluding hydrogens is 433 g/mol. The molecule has 166 valence electrons. The Bertz CT molecular complexity index is 1160. The second-order valence-corrected chi connectivity index (χ2v) is 6.91. The van der Waals surface area contributed by atoms with Crippen LogP contribution in [-0.2, 0) is 12.7 Å². The van der Waals surface area contributed by atoms with Crippen molar-refractivity contribution in [3.8, 4) is 17.1 Å². The smallest absolute Gasteiger partial charge is 0.433 e. The number of benzene rings is 1. The molecule has 2 amide bonds. The lowest BCUT2D eigenvalue weighted by Crippen LogP contribution is -2.46. The molecule has 0 spiro atoms. The molecule has 0 bridgehead atoms. The molecule has 13 heteroatoms. The molecule has 1 aliphatic rings. The van der Waals surface area contributed by atoms with Gasteiger partial charge in [-0.15, -0.1) is 0 Å². The standard InChI is InChI=1S/C19H15F3N6O4/c20-19(21,22)15-5-4-12(7-23-15)11-2-1-3-13(6-11)24-17(29)25-14-8-27-9-16(28(30)31)26-18(27)32-10-14/h1-7,9,14H,8,10H2,(H2,24,25,29)/t14-/m0/s1. The molecule has 32 heavy (non-hydrogen) atoms. The summed E-state index contributed by atoms with van der Waals surface area (Å²) < 4.78 is 44.8. The summed E-state index contributed by atoms with van der Waals surface area (Å²) >= 11 is 0. The van der Waals surface area contributed by atoms with Crippen LogP contribution in [0.3, 0.4) is 0 Å². The van der Waals surface area contributed by atoms with Gasteiger partial charge in [-0.3, -0.25) is 9.55 Å². The van der Waals surface area contributed by atoms with E-state index in [4.69, 9.17) is 4.74 Å². The Labute approximate surface area is 178 Å². The van der Waals surface area contributed by atoms with Gasteiger partial charge in [0.05, 0.1) is 12.6 Å². The predicted molar refractivity (Wildman–Crippen MR) is 105 cm³/mol. The minimum Gasteiger partial charge on any atom is -0.444 e. The number of nitrogens with one attached hydrogen (secondary N) is 2. The first-order valence-corrected chi connectivity index (χ1v) is 9.24. The molecule has 3 heterocycles. The minimum absolute atomic E-state index is 0.0822. The van der Waals surface area contributed by atoms with Crippen LogP contribution in [0, 0.1) is 10.1 Å². The maximum absolute atomic E-state index is 12.7. The lowest BCUT2D eigenvalue weighted by atomic mass is 10.1. The number of hydrogen-bond acceptors (Lipinski definition) is 6. The number of fused-ring (bicyclic) bond motifs is 1. The number of pyridine rings is 1. The van der Waals surface area contributed by atoms with Crippen molar-refractivity contribution in [2.75, 3.05) is 11.9 Å². The Morgan fingerprint density at radius 1 is 1.25 bits per heavy atom. The van der Waals surface area contributed by atoms with Crippen molar-refractivity contribution in [3.63, 3.8) is 0 Å². The summed E-state index contributed by atoms with van der Waals surface area (Å²) in [6, 6.07) is 7.83. The van der Waals surface area contributed by atoms with Gasteiger partial charge in [0.1, 0.15) is 18.5 Å². The lowest BCUT2D eigenvalue weighted by Gasteiger charge is -2.23. The summed E-state index contributed by atoms with van der Waals surface area (Å²) in [6.07, 6.45) is -2.18. The number of aromatic nitrogens is 3. The SMILES string of the molecule is O=C(Nc1cccc(-c2ccc(C(F)(F)F)nc2)c1)N[C@@H]1COc2nc([N+](=O)[O-])cn2C1. The van der Waals surface area contributed by atoms with Crippen molar-refractivity contribution < 1.29 is 27.6 Å². The number of nitrogens with zero attached hydrogens (tertiary/aromatic N) is 4. The molecule has 1 aromatic carbocycles. The number of imidazole rings is 1. The fourth-order valence-corrected chi connectivity index (χ4v) is 3.13. The van der Waals surface area contributed by atoms with Crippen LogP contribution >= 0.6 is 0 Å². The molecular formula is C19H15F3N6O4. The molecule has 0 saturated carbocycles. The first kappa shape index (κ1) is 21.1. The average molecular weight is 448 g/mol. The highest BCUT2D eigenvalue weighted by atomic mass is 19.4. The number of carbonyl (C=O) groups excluding carboxylic acids is 1. The summed E-state index contributed by atoms with van der Waals surface area (Å²) in [5.74, 6) is -0.348. The van der Waals surface area contributed by atoms with Gasteiger partial charge >= 0.3 is 24.0 Å². The average Bonchev–Trinajstić information content (AvgIpc) is 3.17. The second kappa shape index (κ2) is 8.17. The molecule has 4 rings (SSSR count). The van der Waals surface area contributed by atoms with E-state index in [2.05, 4.69) is 20.6 Å². The van der Waals surface area contributed by atoms with Gasteiger partial charge in [-0.2, -0.15) is 13.2 Å². The van der Waals surface area contributed by atoms with Gasteiger partial charge in [0.2, 0.25) is 0 Å². The maximum atomic E-state index is 12.7. The first-order valence-electron chi connectivity index (χ1n) is 9.24. The summed E-state index contributed by atoms with van der Waals surface area (Å²) in [7, 11) is 0. The summed E-state index contributed by atoms with van der Waals surface area (Å²) in [5.41, 5.74) is 0.448. The predicted octanol–water partition coefficient (Wildman–Crippen LogP) is 3.45. The van der Waals surface area contributed by atoms with E-state index < -0.39 is 28.9 Å². The molecule has 1 aliphatic heterocycles. The number of carbonyl (C=O) groups is 1. The number of rotatable bonds is 4. The normalized spacial score (nSPS) is 15.4. The van der Waals surface area contributed by atoms with E-state index in [0.29, 0.717) is 16.8 Å². The third-order valence-electron chi connectivity index (χ3n) is 4.59. The number of halogens is 3. The Morgan fingerprint density at radius 2 is 2.06 bits per heavy atom. The van der Waals surface area contributed by atoms with E-state index in [1.54, 1.807) is 24.3 Å². The number of urea groups is 1. The van der Waals surface area contributed by atoms with Crippen LogP contribution in [0.1, 0.15) is 5.69 Å². The molecule has 0 saturated heterocycles. The molecule has 3 aromatic rings. The van der Waals surface area contributed by atoms with Gasteiger partial charge < -0.3 is 25.5 Å². The minimum atomic E-state index is -4.52. The fourth-order valence-electron chi connectivity index (χ4n) is 3.13. The monoisotopic (exact) mass is 448 g/mol. The third-order valence-corrected chi connectivity index (χ3v) is 4.59. The zero-order valence-electron chi connectivity index (χ0n) is 16.2. The number of alkyl halides is 3. The summed E-state index contributed by atoms with van der Waals surface area (Å²) in [5, 5.41) is 16.2. The zero-order valence-corrected chi connectivity index (χ0v) is 16.2. The van der Waals surface area contributed by atoms with Crippen molar-refractivity contribution in [2.24, 2.45) is 0 Å². The van der Waals surface area contributed by atoms with Crippen LogP contribution in [0.15, 0.2) is 48.8 Å². The summed E-state index contributed by atoms with van der Waals surface area (Å²) in [4.78, 5) is 29.7. The maximum Gasteiger partial charge on any atom is 0.433 e. The molecule has 0 radical (unpaired) electrons. The molecule has 0 unspecified atom stereocenters. The van der Waals surface area contributed by atoms with E-state index in [1.807, 2.05) is 0 Å². The number of ether oxygens (including phenoxy) is 1. The highest BCUT2D eigenvalue weighted by Gasteiger charge is 2.32. The Hall–Kier alpha value is -4.16. The van der Waals surface area contributed by atoms with Gasteiger partial charge in [-0.05, 0) is 28.7 Å². The van der Waals surface area contributed by atoms with Crippen molar-refractivity contribution in [1.82, 2.24) is 19.9 Å². The van der Waals surface area contributed by atoms with Gasteiger partial charge in [-0.1, -0.05) is 18.2 Å². The van der Waals surface area contributed by atoms with Crippen LogP contribution in [0.4, 0.5) is 29.5 Å². The molecule has 1 atom stereocenters. The fraction of sp³-hybridized carbons (Fsp3) is 0.211. The molecule has 10 nitrogen and oxygen atoms in total. The quantitative estimate of drug-likeness (QED) is 0.465. The highest BCUT2D eigenvalue weighted by Crippen LogP contribution is 2.29. The van der Waals surface area contributed by atoms with Crippen molar-refractivity contribution >= 4 is 17.5 Å². The largest absolute Gasteiger partial charge is 0.444 e. The van der Waals surface area contributed by atoms with E-state index >= 15 is 0 Å². The Balaban J connectivity index is 1.39.